The van der Waals surface area contributed by atoms with Gasteiger partial charge in [0.1, 0.15) is 0 Å². The molecule has 72 valence electrons. The molecule has 0 saturated heterocycles. The molecule has 0 N–H and O–H groups in total. The van der Waals surface area contributed by atoms with Crippen molar-refractivity contribution in [2.24, 2.45) is 5.92 Å². The van der Waals surface area contributed by atoms with E-state index in [0.29, 0.717) is 17.8 Å². The van der Waals surface area contributed by atoms with Crippen molar-refractivity contribution in [3.63, 3.8) is 0 Å². The third-order valence-corrected chi connectivity index (χ3v) is 2.49. The molecule has 0 radical (unpaired) electrons. The number of halogens is 1. The van der Waals surface area contributed by atoms with E-state index in [1.165, 1.54) is 0 Å². The van der Waals surface area contributed by atoms with Crippen LogP contribution in [-0.4, -0.2) is 30.4 Å². The molecule has 1 atom stereocenters. The van der Waals surface area contributed by atoms with Gasteiger partial charge in [0.05, 0.1) is 0 Å². The molecule has 0 saturated carbocycles. The van der Waals surface area contributed by atoms with Gasteiger partial charge >= 0.3 is 0 Å². The average Bonchev–Trinajstić information content (AvgIpc) is 2.03. The highest BCUT2D eigenvalue weighted by Gasteiger charge is 2.10. The summed E-state index contributed by atoms with van der Waals surface area (Å²) in [7, 11) is 2.14. The summed E-state index contributed by atoms with van der Waals surface area (Å²) >= 11 is 5.52. The molecule has 0 aliphatic rings. The van der Waals surface area contributed by atoms with Crippen LogP contribution in [-0.2, 0) is 0 Å². The minimum atomic E-state index is 0.615. The quantitative estimate of drug-likeness (QED) is 0.475. The maximum Gasteiger partial charge on any atom is 0.0404 e. The Kier molecular flexibility index (Phi) is 6.49. The van der Waals surface area contributed by atoms with Crippen molar-refractivity contribution < 1.29 is 0 Å². The van der Waals surface area contributed by atoms with Gasteiger partial charge in [-0.1, -0.05) is 26.0 Å². The summed E-state index contributed by atoms with van der Waals surface area (Å²) in [5, 5.41) is 0. The third-order valence-electron chi connectivity index (χ3n) is 2.31. The Hall–Kier alpha value is -0.0100. The van der Waals surface area contributed by atoms with Crippen LogP contribution in [0.4, 0.5) is 0 Å². The smallest absolute Gasteiger partial charge is 0.0404 e. The van der Waals surface area contributed by atoms with Crippen molar-refractivity contribution >= 4 is 11.6 Å². The van der Waals surface area contributed by atoms with Gasteiger partial charge in [-0.05, 0) is 19.9 Å². The van der Waals surface area contributed by atoms with E-state index in [9.17, 15) is 0 Å². The fraction of sp³-hybridized carbons (Fsp3) is 0.800. The number of hydrogen-bond acceptors (Lipinski definition) is 1. The van der Waals surface area contributed by atoms with E-state index in [4.69, 9.17) is 11.6 Å². The number of hydrogen-bond donors (Lipinski definition) is 0. The van der Waals surface area contributed by atoms with Crippen LogP contribution in [0.1, 0.15) is 20.8 Å². The van der Waals surface area contributed by atoms with Crippen molar-refractivity contribution in [2.45, 2.75) is 26.8 Å². The first-order valence-corrected chi connectivity index (χ1v) is 5.04. The van der Waals surface area contributed by atoms with Crippen LogP contribution in [0, 0.1) is 5.92 Å². The zero-order valence-corrected chi connectivity index (χ0v) is 9.30. The predicted molar refractivity (Wildman–Crippen MR) is 56.8 cm³/mol. The van der Waals surface area contributed by atoms with Crippen molar-refractivity contribution in [1.82, 2.24) is 4.90 Å². The van der Waals surface area contributed by atoms with Gasteiger partial charge in [0, 0.05) is 18.5 Å². The molecule has 1 unspecified atom stereocenters. The molecule has 0 fully saturated rings. The summed E-state index contributed by atoms with van der Waals surface area (Å²) in [4.78, 5) is 2.33. The number of alkyl halides is 1. The van der Waals surface area contributed by atoms with Gasteiger partial charge in [-0.3, -0.25) is 4.90 Å². The summed E-state index contributed by atoms with van der Waals surface area (Å²) in [5.41, 5.74) is 0. The first-order chi connectivity index (χ1) is 5.59. The Morgan fingerprint density at radius 2 is 1.83 bits per heavy atom. The Morgan fingerprint density at radius 1 is 1.25 bits per heavy atom. The number of nitrogens with zero attached hydrogens (tertiary/aromatic N) is 1. The molecule has 0 aromatic carbocycles. The lowest BCUT2D eigenvalue weighted by Crippen LogP contribution is -2.33. The number of allylic oxidation sites excluding steroid dienone is 1. The van der Waals surface area contributed by atoms with Gasteiger partial charge in [0.15, 0.2) is 0 Å². The maximum absolute atomic E-state index is 5.52. The molecule has 0 aliphatic heterocycles. The number of rotatable bonds is 5. The highest BCUT2D eigenvalue weighted by atomic mass is 35.5. The number of likely N-dealkylation sites (N-methyl/N-ethyl adjacent to an activating group) is 1. The van der Waals surface area contributed by atoms with Gasteiger partial charge in [-0.15, -0.1) is 11.6 Å². The fourth-order valence-electron chi connectivity index (χ4n) is 0.979. The van der Waals surface area contributed by atoms with Gasteiger partial charge in [0.25, 0.3) is 0 Å². The molecule has 0 amide bonds. The molecule has 1 nitrogen and oxygen atoms in total. The molecule has 0 aromatic rings. The lowest BCUT2D eigenvalue weighted by Gasteiger charge is -2.26. The standard InChI is InChI=1S/C10H20ClN/c1-9(2)10(3)12(4)8-6-5-7-11/h5-6,9-10H,7-8H2,1-4H3. The lowest BCUT2D eigenvalue weighted by molar-refractivity contribution is 0.228. The van der Waals surface area contributed by atoms with E-state index < -0.39 is 0 Å². The fourth-order valence-corrected chi connectivity index (χ4v) is 1.11. The van der Waals surface area contributed by atoms with Crippen LogP contribution in [0.15, 0.2) is 12.2 Å². The highest BCUT2D eigenvalue weighted by Crippen LogP contribution is 2.07. The van der Waals surface area contributed by atoms with E-state index in [1.54, 1.807) is 0 Å². The second kappa shape index (κ2) is 6.50. The normalized spacial score (nSPS) is 14.9. The van der Waals surface area contributed by atoms with Gasteiger partial charge < -0.3 is 0 Å². The first-order valence-electron chi connectivity index (χ1n) is 4.50. The van der Waals surface area contributed by atoms with Crippen molar-refractivity contribution in [3.8, 4) is 0 Å². The van der Waals surface area contributed by atoms with E-state index in [-0.39, 0.29) is 0 Å². The zero-order chi connectivity index (χ0) is 9.56. The summed E-state index contributed by atoms with van der Waals surface area (Å²) in [6.07, 6.45) is 4.11. The molecule has 2 heteroatoms. The van der Waals surface area contributed by atoms with E-state index in [2.05, 4.69) is 38.8 Å². The van der Waals surface area contributed by atoms with Crippen molar-refractivity contribution in [1.29, 1.82) is 0 Å². The minimum Gasteiger partial charge on any atom is -0.300 e. The molecule has 0 spiro atoms. The average molecular weight is 190 g/mol. The Bertz CT molecular complexity index is 132. The summed E-state index contributed by atoms with van der Waals surface area (Å²) in [6.45, 7) is 7.73. The predicted octanol–water partition coefficient (Wildman–Crippen LogP) is 2.76. The third kappa shape index (κ3) is 4.78. The second-order valence-electron chi connectivity index (χ2n) is 3.55. The Morgan fingerprint density at radius 3 is 2.25 bits per heavy atom. The van der Waals surface area contributed by atoms with E-state index >= 15 is 0 Å². The summed E-state index contributed by atoms with van der Waals surface area (Å²) in [5.74, 6) is 1.32. The van der Waals surface area contributed by atoms with Crippen LogP contribution in [0.3, 0.4) is 0 Å². The Labute approximate surface area is 81.4 Å². The van der Waals surface area contributed by atoms with Gasteiger partial charge in [-0.25, -0.2) is 0 Å². The summed E-state index contributed by atoms with van der Waals surface area (Å²) < 4.78 is 0. The molecule has 0 bridgehead atoms. The highest BCUT2D eigenvalue weighted by molar-refractivity contribution is 6.18. The molecule has 0 aromatic heterocycles. The molecule has 0 rings (SSSR count). The van der Waals surface area contributed by atoms with Crippen LogP contribution in [0.5, 0.6) is 0 Å². The van der Waals surface area contributed by atoms with E-state index in [0.717, 1.165) is 6.54 Å². The molecular formula is C10H20ClN. The van der Waals surface area contributed by atoms with E-state index in [1.807, 2.05) is 6.08 Å². The van der Waals surface area contributed by atoms with Crippen LogP contribution in [0.25, 0.3) is 0 Å². The monoisotopic (exact) mass is 189 g/mol. The summed E-state index contributed by atoms with van der Waals surface area (Å²) in [6, 6.07) is 0.630. The second-order valence-corrected chi connectivity index (χ2v) is 3.86. The molecular weight excluding hydrogens is 170 g/mol. The minimum absolute atomic E-state index is 0.615. The van der Waals surface area contributed by atoms with Crippen molar-refractivity contribution in [3.05, 3.63) is 12.2 Å². The molecule has 12 heavy (non-hydrogen) atoms. The van der Waals surface area contributed by atoms with Gasteiger partial charge in [0.2, 0.25) is 0 Å². The Balaban J connectivity index is 3.71. The van der Waals surface area contributed by atoms with Crippen LogP contribution in [0.2, 0.25) is 0 Å². The van der Waals surface area contributed by atoms with Crippen molar-refractivity contribution in [2.75, 3.05) is 19.5 Å². The van der Waals surface area contributed by atoms with Crippen LogP contribution >= 0.6 is 11.6 Å². The van der Waals surface area contributed by atoms with Crippen LogP contribution < -0.4 is 0 Å². The topological polar surface area (TPSA) is 3.24 Å². The maximum atomic E-state index is 5.52. The van der Waals surface area contributed by atoms with Gasteiger partial charge in [-0.2, -0.15) is 0 Å². The SMILES string of the molecule is CC(C)C(C)N(C)CC=CCCl. The zero-order valence-electron chi connectivity index (χ0n) is 8.55. The first kappa shape index (κ1) is 12.0. The molecule has 0 heterocycles. The molecule has 0 aliphatic carbocycles. The largest absolute Gasteiger partial charge is 0.300 e. The lowest BCUT2D eigenvalue weighted by atomic mass is 10.1.